The van der Waals surface area contributed by atoms with Crippen LogP contribution in [0.3, 0.4) is 0 Å². The Kier molecular flexibility index (Phi) is 5.26. The molecule has 8 radical (unpaired) electrons. The van der Waals surface area contributed by atoms with Crippen LogP contribution in [0.1, 0.15) is 23.2 Å². The van der Waals surface area contributed by atoms with E-state index < -0.39 is 16.6 Å². The number of carbonyl (C=O) groups is 1. The lowest BCUT2D eigenvalue weighted by Crippen LogP contribution is -2.56. The van der Waals surface area contributed by atoms with Crippen molar-refractivity contribution in [2.24, 2.45) is 7.05 Å². The lowest BCUT2D eigenvalue weighted by molar-refractivity contribution is 0.102. The maximum absolute atomic E-state index is 13.0. The highest BCUT2D eigenvalue weighted by atomic mass is 16.1. The maximum atomic E-state index is 13.0. The molecule has 1 amide bonds. The highest BCUT2D eigenvalue weighted by Gasteiger charge is 2.43. The van der Waals surface area contributed by atoms with Crippen molar-refractivity contribution in [1.29, 1.82) is 0 Å². The molecule has 1 saturated heterocycles. The Morgan fingerprint density at radius 2 is 1.79 bits per heavy atom. The number of aromatic nitrogens is 5. The van der Waals surface area contributed by atoms with Crippen molar-refractivity contribution in [2.75, 3.05) is 10.2 Å². The number of pyridine rings is 3. The van der Waals surface area contributed by atoms with Gasteiger partial charge in [0.25, 0.3) is 5.91 Å². The fourth-order valence-corrected chi connectivity index (χ4v) is 4.14. The van der Waals surface area contributed by atoms with E-state index >= 15 is 0 Å². The summed E-state index contributed by atoms with van der Waals surface area (Å²) in [5, 5.41) is 1.09. The summed E-state index contributed by atoms with van der Waals surface area (Å²) < 4.78 is 1.88. The first-order valence-corrected chi connectivity index (χ1v) is 10.6. The van der Waals surface area contributed by atoms with Gasteiger partial charge in [-0.2, -0.15) is 0 Å². The van der Waals surface area contributed by atoms with E-state index in [1.54, 1.807) is 36.9 Å². The molecule has 0 atom stereocenters. The molecule has 0 saturated carbocycles. The summed E-state index contributed by atoms with van der Waals surface area (Å²) >= 11 is 0. The Labute approximate surface area is 202 Å². The van der Waals surface area contributed by atoms with Gasteiger partial charge >= 0.3 is 0 Å². The Bertz CT molecular complexity index is 1390. The van der Waals surface area contributed by atoms with Gasteiger partial charge < -0.3 is 14.8 Å². The molecule has 1 N–H and O–H groups in total. The maximum Gasteiger partial charge on any atom is 0.257 e. The van der Waals surface area contributed by atoms with E-state index in [0.717, 1.165) is 16.8 Å². The van der Waals surface area contributed by atoms with Gasteiger partial charge in [0.15, 0.2) is 0 Å². The lowest BCUT2D eigenvalue weighted by Gasteiger charge is -2.44. The SMILES string of the molecule is [B]C1([B])CCC([B])([B])N1c1cc(C(=O)Nc2cc3nc(-c4cncn4C)ccc3cn2)ccn1. The molecule has 5 heterocycles. The van der Waals surface area contributed by atoms with Gasteiger partial charge in [-0.15, -0.1) is 0 Å². The predicted molar refractivity (Wildman–Crippen MR) is 134 cm³/mol. The second-order valence-electron chi connectivity index (χ2n) is 8.52. The van der Waals surface area contributed by atoms with Crippen LogP contribution in [0.5, 0.6) is 0 Å². The third-order valence-corrected chi connectivity index (χ3v) is 5.89. The monoisotopic (exact) mass is 439 g/mol. The Balaban J connectivity index is 1.42. The standard InChI is InChI=1S/C22H17B4N7O/c1-32-12-27-11-17(32)15-3-2-14-10-29-18(9-16(14)30-15)31-20(34)13-4-7-28-19(8-13)33-21(23,24)5-6-22(33,25)26/h2-4,7-12H,5-6H2,1H3,(H,29,31,34). The fourth-order valence-electron chi connectivity index (χ4n) is 4.14. The number of imidazole rings is 1. The quantitative estimate of drug-likeness (QED) is 0.483. The summed E-state index contributed by atoms with van der Waals surface area (Å²) in [5.41, 5.74) is 2.65. The van der Waals surface area contributed by atoms with Crippen LogP contribution in [0.15, 0.2) is 55.2 Å². The van der Waals surface area contributed by atoms with Gasteiger partial charge in [0, 0.05) is 36.5 Å². The number of hydrogen-bond donors (Lipinski definition) is 1. The minimum Gasteiger partial charge on any atom is -0.380 e. The number of rotatable bonds is 4. The second kappa shape index (κ2) is 8.04. The molecule has 34 heavy (non-hydrogen) atoms. The molecule has 5 rings (SSSR count). The van der Waals surface area contributed by atoms with Crippen LogP contribution in [-0.2, 0) is 7.05 Å². The largest absolute Gasteiger partial charge is 0.380 e. The zero-order valence-electron chi connectivity index (χ0n) is 18.5. The van der Waals surface area contributed by atoms with Gasteiger partial charge in [-0.3, -0.25) is 4.79 Å². The van der Waals surface area contributed by atoms with Crippen molar-refractivity contribution in [2.45, 2.75) is 23.5 Å². The van der Waals surface area contributed by atoms with Crippen LogP contribution in [0, 0.1) is 0 Å². The van der Waals surface area contributed by atoms with Crippen molar-refractivity contribution < 1.29 is 4.79 Å². The van der Waals surface area contributed by atoms with Gasteiger partial charge in [0.2, 0.25) is 0 Å². The van der Waals surface area contributed by atoms with Gasteiger partial charge in [-0.1, -0.05) is 0 Å². The highest BCUT2D eigenvalue weighted by Crippen LogP contribution is 2.37. The molecule has 4 aromatic rings. The molecule has 0 spiro atoms. The van der Waals surface area contributed by atoms with Crippen LogP contribution in [0.2, 0.25) is 0 Å². The number of aryl methyl sites for hydroxylation is 1. The number of anilines is 2. The summed E-state index contributed by atoms with van der Waals surface area (Å²) in [5.74, 6) is 0.275. The normalized spacial score (nSPS) is 16.6. The number of fused-ring (bicyclic) bond motifs is 1. The van der Waals surface area contributed by atoms with Crippen LogP contribution in [0.25, 0.3) is 22.3 Å². The summed E-state index contributed by atoms with van der Waals surface area (Å²) in [4.78, 5) is 31.9. The van der Waals surface area contributed by atoms with Gasteiger partial charge in [0.1, 0.15) is 11.6 Å². The Hall–Kier alpha value is -3.55. The van der Waals surface area contributed by atoms with E-state index in [9.17, 15) is 4.79 Å². The summed E-state index contributed by atoms with van der Waals surface area (Å²) in [6, 6.07) is 8.65. The number of carbonyl (C=O) groups excluding carboxylic acids is 1. The van der Waals surface area contributed by atoms with Crippen molar-refractivity contribution >= 4 is 59.8 Å². The number of amides is 1. The van der Waals surface area contributed by atoms with Crippen LogP contribution < -0.4 is 10.2 Å². The smallest absolute Gasteiger partial charge is 0.257 e. The van der Waals surface area contributed by atoms with E-state index in [2.05, 4.69) is 20.3 Å². The van der Waals surface area contributed by atoms with Crippen molar-refractivity contribution in [1.82, 2.24) is 24.5 Å². The Morgan fingerprint density at radius 1 is 1.03 bits per heavy atom. The molecule has 0 bridgehead atoms. The molecule has 0 aromatic carbocycles. The summed E-state index contributed by atoms with van der Waals surface area (Å²) in [6.45, 7) is 0. The van der Waals surface area contributed by atoms with Crippen LogP contribution >= 0.6 is 0 Å². The van der Waals surface area contributed by atoms with Gasteiger partial charge in [0.05, 0.1) is 60.8 Å². The first-order valence-electron chi connectivity index (χ1n) is 10.6. The number of nitrogens with zero attached hydrogens (tertiary/aromatic N) is 6. The molecule has 1 aliphatic rings. The minimum atomic E-state index is -1.28. The zero-order valence-corrected chi connectivity index (χ0v) is 18.5. The molecule has 0 aliphatic carbocycles. The van der Waals surface area contributed by atoms with E-state index in [1.165, 1.54) is 11.1 Å². The van der Waals surface area contributed by atoms with E-state index in [-0.39, 0.29) is 0 Å². The molecular weight excluding hydrogens is 422 g/mol. The molecule has 1 aliphatic heterocycles. The first kappa shape index (κ1) is 22.3. The number of hydrogen-bond acceptors (Lipinski definition) is 6. The Morgan fingerprint density at radius 3 is 2.50 bits per heavy atom. The molecular formula is C22H17B4N7O. The summed E-state index contributed by atoms with van der Waals surface area (Å²) in [7, 11) is 26.6. The summed E-state index contributed by atoms with van der Waals surface area (Å²) in [6.07, 6.45) is 7.35. The predicted octanol–water partition coefficient (Wildman–Crippen LogP) is 1.26. The average molecular weight is 439 g/mol. The van der Waals surface area contributed by atoms with Gasteiger partial charge in [-0.05, 0) is 47.8 Å². The molecule has 12 heteroatoms. The van der Waals surface area contributed by atoms with Gasteiger partial charge in [-0.25, -0.2) is 19.9 Å². The average Bonchev–Trinajstić information content (AvgIpc) is 3.32. The van der Waals surface area contributed by atoms with Crippen LogP contribution in [-0.4, -0.2) is 72.5 Å². The first-order chi connectivity index (χ1) is 16.1. The van der Waals surface area contributed by atoms with E-state index in [1.807, 2.05) is 23.7 Å². The molecule has 0 unspecified atom stereocenters. The van der Waals surface area contributed by atoms with Crippen molar-refractivity contribution in [3.63, 3.8) is 0 Å². The van der Waals surface area contributed by atoms with E-state index in [4.69, 9.17) is 36.4 Å². The highest BCUT2D eigenvalue weighted by molar-refractivity contribution is 6.48. The molecule has 1 fully saturated rings. The molecule has 4 aromatic heterocycles. The topological polar surface area (TPSA) is 88.8 Å². The second-order valence-corrected chi connectivity index (χ2v) is 8.52. The lowest BCUT2D eigenvalue weighted by atomic mass is 9.58. The van der Waals surface area contributed by atoms with E-state index in [0.29, 0.717) is 35.6 Å². The van der Waals surface area contributed by atoms with Crippen LogP contribution in [0.4, 0.5) is 11.6 Å². The van der Waals surface area contributed by atoms with Crippen molar-refractivity contribution in [3.05, 3.63) is 60.8 Å². The zero-order chi connectivity index (χ0) is 24.1. The number of nitrogens with one attached hydrogen (secondary N) is 1. The third kappa shape index (κ3) is 3.97. The third-order valence-electron chi connectivity index (χ3n) is 5.89. The fraction of sp³-hybridized carbons (Fsp3) is 0.227. The van der Waals surface area contributed by atoms with Crippen molar-refractivity contribution in [3.8, 4) is 11.4 Å². The molecule has 158 valence electrons. The minimum absolute atomic E-state index is 0.314. The molecule has 8 nitrogen and oxygen atoms in total.